The van der Waals surface area contributed by atoms with Crippen molar-refractivity contribution >= 4 is 33.0 Å². The molecular formula is C12H10ClF2NO3S2. The molecular weight excluding hydrogens is 344 g/mol. The first-order valence-corrected chi connectivity index (χ1v) is 8.39. The highest BCUT2D eigenvalue weighted by atomic mass is 35.5. The molecule has 0 amide bonds. The second-order valence-corrected chi connectivity index (χ2v) is 7.59. The minimum Gasteiger partial charge on any atom is -0.492 e. The molecule has 9 heteroatoms. The average molecular weight is 354 g/mol. The summed E-state index contributed by atoms with van der Waals surface area (Å²) in [5.41, 5.74) is 0. The number of benzene rings is 1. The van der Waals surface area contributed by atoms with Crippen molar-refractivity contribution in [2.24, 2.45) is 0 Å². The Balaban J connectivity index is 1.85. The smallest absolute Gasteiger partial charge is 0.250 e. The van der Waals surface area contributed by atoms with Gasteiger partial charge in [0.2, 0.25) is 10.0 Å². The van der Waals surface area contributed by atoms with E-state index in [1.54, 1.807) is 0 Å². The van der Waals surface area contributed by atoms with Gasteiger partial charge in [0, 0.05) is 12.6 Å². The van der Waals surface area contributed by atoms with Crippen LogP contribution in [-0.2, 0) is 10.0 Å². The van der Waals surface area contributed by atoms with Crippen LogP contribution in [0.2, 0.25) is 4.34 Å². The summed E-state index contributed by atoms with van der Waals surface area (Å²) in [4.78, 5) is 0. The molecule has 0 unspecified atom stereocenters. The van der Waals surface area contributed by atoms with Gasteiger partial charge in [0.25, 0.3) is 0 Å². The van der Waals surface area contributed by atoms with Crippen LogP contribution in [0.4, 0.5) is 8.78 Å². The molecule has 1 aromatic heterocycles. The van der Waals surface area contributed by atoms with Gasteiger partial charge in [0.05, 0.1) is 4.34 Å². The molecule has 0 radical (unpaired) electrons. The lowest BCUT2D eigenvalue weighted by molar-refractivity contribution is 0.319. The fraction of sp³-hybridized carbons (Fsp3) is 0.167. The van der Waals surface area contributed by atoms with E-state index in [9.17, 15) is 17.2 Å². The average Bonchev–Trinajstić information content (AvgIpc) is 2.86. The Labute approximate surface area is 129 Å². The first-order chi connectivity index (χ1) is 9.88. The zero-order valence-electron chi connectivity index (χ0n) is 10.5. The van der Waals surface area contributed by atoms with Crippen LogP contribution in [-0.4, -0.2) is 21.6 Å². The third kappa shape index (κ3) is 4.37. The Morgan fingerprint density at radius 1 is 1.19 bits per heavy atom. The predicted molar refractivity (Wildman–Crippen MR) is 76.4 cm³/mol. The Morgan fingerprint density at radius 3 is 2.57 bits per heavy atom. The minimum absolute atomic E-state index is 0.0170. The molecule has 1 aromatic carbocycles. The quantitative estimate of drug-likeness (QED) is 0.812. The maximum absolute atomic E-state index is 12.9. The van der Waals surface area contributed by atoms with Gasteiger partial charge in [-0.25, -0.2) is 21.9 Å². The Kier molecular flexibility index (Phi) is 5.15. The third-order valence-corrected chi connectivity index (χ3v) is 5.55. The van der Waals surface area contributed by atoms with E-state index in [2.05, 4.69) is 4.72 Å². The highest BCUT2D eigenvalue weighted by Crippen LogP contribution is 2.25. The first kappa shape index (κ1) is 16.2. The zero-order chi connectivity index (χ0) is 15.5. The van der Waals surface area contributed by atoms with Gasteiger partial charge in [-0.1, -0.05) is 11.6 Å². The van der Waals surface area contributed by atoms with Crippen LogP contribution in [0, 0.1) is 11.6 Å². The maximum Gasteiger partial charge on any atom is 0.250 e. The highest BCUT2D eigenvalue weighted by molar-refractivity contribution is 7.91. The summed E-state index contributed by atoms with van der Waals surface area (Å²) in [5, 5.41) is 0. The highest BCUT2D eigenvalue weighted by Gasteiger charge is 2.15. The lowest BCUT2D eigenvalue weighted by atomic mass is 10.3. The van der Waals surface area contributed by atoms with Crippen molar-refractivity contribution in [2.45, 2.75) is 4.21 Å². The molecule has 0 bridgehead atoms. The van der Waals surface area contributed by atoms with Gasteiger partial charge in [0.1, 0.15) is 16.6 Å². The van der Waals surface area contributed by atoms with Crippen LogP contribution < -0.4 is 9.46 Å². The number of sulfonamides is 1. The first-order valence-electron chi connectivity index (χ1n) is 5.71. The molecule has 4 nitrogen and oxygen atoms in total. The van der Waals surface area contributed by atoms with E-state index in [0.717, 1.165) is 23.5 Å². The predicted octanol–water partition coefficient (Wildman–Crippen LogP) is 3.04. The lowest BCUT2D eigenvalue weighted by Gasteiger charge is -2.07. The van der Waals surface area contributed by atoms with Crippen LogP contribution in [0.1, 0.15) is 0 Å². The topological polar surface area (TPSA) is 55.4 Å². The summed E-state index contributed by atoms with van der Waals surface area (Å²) in [6, 6.07) is 5.96. The number of halogens is 3. The Bertz CT molecular complexity index is 734. The number of rotatable bonds is 6. The number of nitrogens with one attached hydrogen (secondary N) is 1. The van der Waals surface area contributed by atoms with Gasteiger partial charge in [-0.2, -0.15) is 0 Å². The fourth-order valence-corrected chi connectivity index (χ4v) is 3.97. The molecule has 2 aromatic rings. The molecule has 1 heterocycles. The van der Waals surface area contributed by atoms with Crippen molar-refractivity contribution in [2.75, 3.05) is 13.2 Å². The second kappa shape index (κ2) is 6.69. The summed E-state index contributed by atoms with van der Waals surface area (Å²) >= 11 is 6.61. The Morgan fingerprint density at radius 2 is 1.95 bits per heavy atom. The zero-order valence-corrected chi connectivity index (χ0v) is 12.9. The molecule has 0 atom stereocenters. The lowest BCUT2D eigenvalue weighted by Crippen LogP contribution is -2.27. The van der Waals surface area contributed by atoms with E-state index in [-0.39, 0.29) is 23.1 Å². The molecule has 21 heavy (non-hydrogen) atoms. The second-order valence-electron chi connectivity index (χ2n) is 3.88. The van der Waals surface area contributed by atoms with Gasteiger partial charge in [-0.3, -0.25) is 0 Å². The monoisotopic (exact) mass is 353 g/mol. The van der Waals surface area contributed by atoms with E-state index >= 15 is 0 Å². The molecule has 114 valence electrons. The van der Waals surface area contributed by atoms with E-state index in [1.807, 2.05) is 0 Å². The van der Waals surface area contributed by atoms with Gasteiger partial charge in [-0.05, 0) is 24.3 Å². The molecule has 0 saturated heterocycles. The van der Waals surface area contributed by atoms with E-state index in [1.165, 1.54) is 18.2 Å². The number of ether oxygens (including phenoxy) is 1. The molecule has 2 rings (SSSR count). The number of thiophene rings is 1. The molecule has 0 fully saturated rings. The van der Waals surface area contributed by atoms with E-state index < -0.39 is 21.7 Å². The van der Waals surface area contributed by atoms with Gasteiger partial charge >= 0.3 is 0 Å². The summed E-state index contributed by atoms with van der Waals surface area (Å²) in [5.74, 6) is -1.88. The van der Waals surface area contributed by atoms with Crippen molar-refractivity contribution < 1.29 is 21.9 Å². The van der Waals surface area contributed by atoms with Crippen molar-refractivity contribution in [3.63, 3.8) is 0 Å². The van der Waals surface area contributed by atoms with Crippen molar-refractivity contribution in [3.8, 4) is 5.75 Å². The van der Waals surface area contributed by atoms with Crippen LogP contribution in [0.25, 0.3) is 0 Å². The fourth-order valence-electron chi connectivity index (χ4n) is 1.42. The van der Waals surface area contributed by atoms with Gasteiger partial charge < -0.3 is 4.74 Å². The normalized spacial score (nSPS) is 11.6. The van der Waals surface area contributed by atoms with Crippen molar-refractivity contribution in [1.82, 2.24) is 4.72 Å². The van der Waals surface area contributed by atoms with Crippen LogP contribution in [0.15, 0.2) is 34.5 Å². The summed E-state index contributed by atoms with van der Waals surface area (Å²) in [7, 11) is -3.64. The van der Waals surface area contributed by atoms with E-state index in [4.69, 9.17) is 16.3 Å². The SMILES string of the molecule is O=S(=O)(NCCOc1ccc(F)c(F)c1)c1ccc(Cl)s1. The minimum atomic E-state index is -3.64. The molecule has 0 saturated carbocycles. The summed E-state index contributed by atoms with van der Waals surface area (Å²) in [6.07, 6.45) is 0. The van der Waals surface area contributed by atoms with Crippen LogP contribution >= 0.6 is 22.9 Å². The molecule has 0 aliphatic rings. The molecule has 0 aliphatic carbocycles. The molecule has 1 N–H and O–H groups in total. The molecule has 0 spiro atoms. The van der Waals surface area contributed by atoms with Crippen molar-refractivity contribution in [1.29, 1.82) is 0 Å². The summed E-state index contributed by atoms with van der Waals surface area (Å²) in [6.45, 7) is -0.0414. The standard InChI is InChI=1S/C12H10ClF2NO3S2/c13-11-3-4-12(20-11)21(17,18)16-5-6-19-8-1-2-9(14)10(15)7-8/h1-4,7,16H,5-6H2. The third-order valence-electron chi connectivity index (χ3n) is 2.37. The van der Waals surface area contributed by atoms with Crippen molar-refractivity contribution in [3.05, 3.63) is 46.3 Å². The number of hydrogen-bond acceptors (Lipinski definition) is 4. The largest absolute Gasteiger partial charge is 0.492 e. The van der Waals surface area contributed by atoms with Crippen LogP contribution in [0.3, 0.4) is 0 Å². The Hall–Kier alpha value is -1.22. The summed E-state index contributed by atoms with van der Waals surface area (Å²) < 4.78 is 57.2. The number of hydrogen-bond donors (Lipinski definition) is 1. The van der Waals surface area contributed by atoms with Gasteiger partial charge in [0.15, 0.2) is 11.6 Å². The molecule has 0 aliphatic heterocycles. The van der Waals surface area contributed by atoms with E-state index in [0.29, 0.717) is 4.34 Å². The maximum atomic E-state index is 12.9. The van der Waals surface area contributed by atoms with Gasteiger partial charge in [-0.15, -0.1) is 11.3 Å². The van der Waals surface area contributed by atoms with Crippen LogP contribution in [0.5, 0.6) is 5.75 Å².